The second-order valence-electron chi connectivity index (χ2n) is 3.85. The highest BCUT2D eigenvalue weighted by atomic mass is 16.5. The summed E-state index contributed by atoms with van der Waals surface area (Å²) in [6.07, 6.45) is 0. The van der Waals surface area contributed by atoms with E-state index in [2.05, 4.69) is 10.2 Å². The maximum atomic E-state index is 11.0. The number of nitrogens with zero attached hydrogens (tertiary/aromatic N) is 1. The monoisotopic (exact) mass is 278 g/mol. The number of aromatic hydroxyl groups is 1. The van der Waals surface area contributed by atoms with Crippen LogP contribution in [0.15, 0.2) is 18.2 Å². The van der Waals surface area contributed by atoms with Crippen molar-refractivity contribution in [2.24, 2.45) is 0 Å². The SMILES string of the molecule is COc1cc(C(=O)O)cc(-c2cc(C(=O)O)[nH]n2)c1O. The summed E-state index contributed by atoms with van der Waals surface area (Å²) >= 11 is 0. The van der Waals surface area contributed by atoms with Crippen LogP contribution in [-0.4, -0.2) is 44.6 Å². The molecule has 0 atom stereocenters. The minimum atomic E-state index is -1.22. The van der Waals surface area contributed by atoms with Gasteiger partial charge in [0.1, 0.15) is 5.69 Å². The number of carbonyl (C=O) groups is 2. The van der Waals surface area contributed by atoms with Crippen molar-refractivity contribution in [3.63, 3.8) is 0 Å². The number of nitrogens with one attached hydrogen (secondary N) is 1. The van der Waals surface area contributed by atoms with Crippen LogP contribution in [0.5, 0.6) is 11.5 Å². The van der Waals surface area contributed by atoms with E-state index in [-0.39, 0.29) is 34.0 Å². The van der Waals surface area contributed by atoms with E-state index in [1.807, 2.05) is 0 Å². The molecule has 1 aromatic heterocycles. The molecule has 0 spiro atoms. The number of hydrogen-bond acceptors (Lipinski definition) is 5. The first-order chi connectivity index (χ1) is 9.43. The van der Waals surface area contributed by atoms with Crippen molar-refractivity contribution in [3.8, 4) is 22.8 Å². The van der Waals surface area contributed by atoms with Crippen LogP contribution in [0.4, 0.5) is 0 Å². The van der Waals surface area contributed by atoms with Gasteiger partial charge in [-0.3, -0.25) is 5.10 Å². The molecule has 8 heteroatoms. The van der Waals surface area contributed by atoms with Gasteiger partial charge in [0.25, 0.3) is 0 Å². The molecular formula is C12H10N2O6. The number of methoxy groups -OCH3 is 1. The number of ether oxygens (including phenoxy) is 1. The molecule has 0 amide bonds. The lowest BCUT2D eigenvalue weighted by molar-refractivity contribution is 0.0682. The normalized spacial score (nSPS) is 10.2. The molecule has 8 nitrogen and oxygen atoms in total. The van der Waals surface area contributed by atoms with Gasteiger partial charge in [0.05, 0.1) is 18.4 Å². The molecule has 0 aliphatic heterocycles. The molecule has 0 aliphatic rings. The zero-order valence-corrected chi connectivity index (χ0v) is 10.2. The van der Waals surface area contributed by atoms with Crippen molar-refractivity contribution in [1.82, 2.24) is 10.2 Å². The third-order valence-corrected chi connectivity index (χ3v) is 2.63. The molecule has 0 bridgehead atoms. The number of hydrogen-bond donors (Lipinski definition) is 4. The number of phenols is 1. The van der Waals surface area contributed by atoms with Crippen LogP contribution in [0.1, 0.15) is 20.8 Å². The first-order valence-corrected chi connectivity index (χ1v) is 5.37. The van der Waals surface area contributed by atoms with Crippen molar-refractivity contribution < 1.29 is 29.6 Å². The number of phenolic OH excluding ortho intramolecular Hbond substituents is 1. The van der Waals surface area contributed by atoms with Gasteiger partial charge in [-0.05, 0) is 18.2 Å². The quantitative estimate of drug-likeness (QED) is 0.660. The average molecular weight is 278 g/mol. The number of aromatic amines is 1. The Morgan fingerprint density at radius 1 is 1.20 bits per heavy atom. The van der Waals surface area contributed by atoms with E-state index in [1.165, 1.54) is 19.2 Å². The van der Waals surface area contributed by atoms with Crippen LogP contribution in [0.3, 0.4) is 0 Å². The molecular weight excluding hydrogens is 268 g/mol. The molecule has 0 saturated heterocycles. The zero-order valence-electron chi connectivity index (χ0n) is 10.2. The topological polar surface area (TPSA) is 133 Å². The lowest BCUT2D eigenvalue weighted by Gasteiger charge is -2.08. The van der Waals surface area contributed by atoms with Gasteiger partial charge < -0.3 is 20.1 Å². The summed E-state index contributed by atoms with van der Waals surface area (Å²) < 4.78 is 4.88. The van der Waals surface area contributed by atoms with Gasteiger partial charge in [-0.1, -0.05) is 0 Å². The molecule has 20 heavy (non-hydrogen) atoms. The molecule has 2 aromatic rings. The summed E-state index contributed by atoms with van der Waals surface area (Å²) in [6.45, 7) is 0. The number of H-pyrrole nitrogens is 1. The van der Waals surface area contributed by atoms with Gasteiger partial charge in [0, 0.05) is 5.56 Å². The first-order valence-electron chi connectivity index (χ1n) is 5.37. The van der Waals surface area contributed by atoms with Crippen LogP contribution < -0.4 is 4.74 Å². The molecule has 0 aliphatic carbocycles. The fourth-order valence-electron chi connectivity index (χ4n) is 1.65. The molecule has 2 rings (SSSR count). The molecule has 1 heterocycles. The Morgan fingerprint density at radius 2 is 1.90 bits per heavy atom. The number of carboxylic acid groups (broad SMARTS) is 2. The number of rotatable bonds is 4. The fraction of sp³-hybridized carbons (Fsp3) is 0.0833. The highest BCUT2D eigenvalue weighted by Gasteiger charge is 2.18. The molecule has 104 valence electrons. The maximum absolute atomic E-state index is 11.0. The Kier molecular flexibility index (Phi) is 3.30. The fourth-order valence-corrected chi connectivity index (χ4v) is 1.65. The lowest BCUT2D eigenvalue weighted by atomic mass is 10.1. The van der Waals surface area contributed by atoms with E-state index in [4.69, 9.17) is 14.9 Å². The predicted molar refractivity (Wildman–Crippen MR) is 66.2 cm³/mol. The van der Waals surface area contributed by atoms with Gasteiger partial charge in [0.2, 0.25) is 0 Å². The molecule has 0 fully saturated rings. The van der Waals surface area contributed by atoms with Gasteiger partial charge in [0.15, 0.2) is 11.5 Å². The largest absolute Gasteiger partial charge is 0.504 e. The summed E-state index contributed by atoms with van der Waals surface area (Å²) in [6, 6.07) is 3.52. The Labute approximate surface area is 112 Å². The smallest absolute Gasteiger partial charge is 0.353 e. The lowest BCUT2D eigenvalue weighted by Crippen LogP contribution is -1.98. The van der Waals surface area contributed by atoms with Crippen LogP contribution in [0, 0.1) is 0 Å². The highest BCUT2D eigenvalue weighted by molar-refractivity contribution is 5.92. The van der Waals surface area contributed by atoms with Crippen molar-refractivity contribution in [1.29, 1.82) is 0 Å². The summed E-state index contributed by atoms with van der Waals surface area (Å²) in [4.78, 5) is 21.8. The molecule has 1 aromatic carbocycles. The van der Waals surface area contributed by atoms with Gasteiger partial charge in [-0.25, -0.2) is 9.59 Å². The average Bonchev–Trinajstić information content (AvgIpc) is 2.88. The van der Waals surface area contributed by atoms with E-state index < -0.39 is 11.9 Å². The van der Waals surface area contributed by atoms with E-state index in [9.17, 15) is 14.7 Å². The van der Waals surface area contributed by atoms with Crippen molar-refractivity contribution in [2.75, 3.05) is 7.11 Å². The summed E-state index contributed by atoms with van der Waals surface area (Å²) in [5, 5.41) is 33.8. The second kappa shape index (κ2) is 4.92. The number of aromatic carboxylic acids is 2. The van der Waals surface area contributed by atoms with Crippen LogP contribution >= 0.6 is 0 Å². The highest BCUT2D eigenvalue weighted by Crippen LogP contribution is 2.37. The Balaban J connectivity index is 2.62. The van der Waals surface area contributed by atoms with E-state index in [1.54, 1.807) is 0 Å². The van der Waals surface area contributed by atoms with Gasteiger partial charge in [-0.2, -0.15) is 5.10 Å². The number of carboxylic acids is 2. The molecule has 4 N–H and O–H groups in total. The van der Waals surface area contributed by atoms with E-state index in [0.29, 0.717) is 0 Å². The Hall–Kier alpha value is -3.03. The van der Waals surface area contributed by atoms with Crippen molar-refractivity contribution >= 4 is 11.9 Å². The van der Waals surface area contributed by atoms with E-state index in [0.717, 1.165) is 6.07 Å². The summed E-state index contributed by atoms with van der Waals surface area (Å²) in [5.41, 5.74) is -0.139. The molecule has 0 unspecified atom stereocenters. The van der Waals surface area contributed by atoms with Crippen LogP contribution in [0.25, 0.3) is 11.3 Å². The second-order valence-corrected chi connectivity index (χ2v) is 3.85. The summed E-state index contributed by atoms with van der Waals surface area (Å²) in [7, 11) is 1.28. The Morgan fingerprint density at radius 3 is 2.40 bits per heavy atom. The van der Waals surface area contributed by atoms with Gasteiger partial charge in [-0.15, -0.1) is 0 Å². The van der Waals surface area contributed by atoms with Crippen LogP contribution in [-0.2, 0) is 0 Å². The van der Waals surface area contributed by atoms with Crippen molar-refractivity contribution in [3.05, 3.63) is 29.5 Å². The number of aromatic nitrogens is 2. The van der Waals surface area contributed by atoms with Crippen LogP contribution in [0.2, 0.25) is 0 Å². The summed E-state index contributed by atoms with van der Waals surface area (Å²) in [5.74, 6) is -2.79. The van der Waals surface area contributed by atoms with E-state index >= 15 is 0 Å². The third-order valence-electron chi connectivity index (χ3n) is 2.63. The van der Waals surface area contributed by atoms with Gasteiger partial charge >= 0.3 is 11.9 Å². The predicted octanol–water partition coefficient (Wildman–Crippen LogP) is 1.19. The minimum absolute atomic E-state index is 0.0419. The third kappa shape index (κ3) is 2.26. The maximum Gasteiger partial charge on any atom is 0.353 e. The molecule has 0 radical (unpaired) electrons. The number of benzene rings is 1. The standard InChI is InChI=1S/C12H10N2O6/c1-20-9-3-5(11(16)17)2-6(10(9)15)7-4-8(12(18)19)14-13-7/h2-4,15H,1H3,(H,13,14)(H,16,17)(H,18,19). The van der Waals surface area contributed by atoms with Crippen molar-refractivity contribution in [2.45, 2.75) is 0 Å². The Bertz CT molecular complexity index is 691. The minimum Gasteiger partial charge on any atom is -0.504 e. The first kappa shape index (κ1) is 13.4. The molecule has 0 saturated carbocycles. The zero-order chi connectivity index (χ0) is 14.9.